The highest BCUT2D eigenvalue weighted by atomic mass is 19.1. The van der Waals surface area contributed by atoms with Crippen LogP contribution in [0.4, 0.5) is 8.78 Å². The highest BCUT2D eigenvalue weighted by molar-refractivity contribution is 5.81. The van der Waals surface area contributed by atoms with Crippen molar-refractivity contribution in [1.29, 1.82) is 0 Å². The Hall–Kier alpha value is -10.6. The van der Waals surface area contributed by atoms with Gasteiger partial charge < -0.3 is 66.1 Å². The molecule has 5 aliphatic heterocycles. The fraction of sp³-hybridized carbons (Fsp3) is 0.471. The number of ketones is 2. The maximum absolute atomic E-state index is 14.0. The minimum Gasteiger partial charge on any atom is -0.489 e. The Morgan fingerprint density at radius 3 is 1.04 bits per heavy atom. The third kappa shape index (κ3) is 33.5. The summed E-state index contributed by atoms with van der Waals surface area (Å²) in [7, 11) is 2.21. The van der Waals surface area contributed by atoms with Crippen LogP contribution in [0.2, 0.25) is 0 Å². The molecule has 5 saturated heterocycles. The van der Waals surface area contributed by atoms with Gasteiger partial charge in [-0.25, -0.2) is 8.78 Å². The lowest BCUT2D eigenvalue weighted by Crippen LogP contribution is -2.46. The van der Waals surface area contributed by atoms with Gasteiger partial charge in [0.05, 0.1) is 26.2 Å². The largest absolute Gasteiger partial charge is 0.489 e. The molecule has 5 heterocycles. The maximum Gasteiger partial charge on any atom is 0.236 e. The van der Waals surface area contributed by atoms with Gasteiger partial charge in [-0.15, -0.1) is 0 Å². The van der Waals surface area contributed by atoms with E-state index >= 15 is 0 Å². The molecule has 7 saturated carbocycles. The number of carbonyl (C=O) groups is 4. The average Bonchev–Trinajstić information content (AvgIpc) is 1.64. The van der Waals surface area contributed by atoms with Crippen LogP contribution in [0.15, 0.2) is 273 Å². The molecule has 18 atom stereocenters. The Balaban J connectivity index is 0.000000119. The van der Waals surface area contributed by atoms with Gasteiger partial charge in [-0.2, -0.15) is 0 Å². The molecule has 7 N–H and O–H groups in total. The number of Topliss-reactive ketones (excluding diaryl/α,β-unsaturated/α-hetero) is 2. The van der Waals surface area contributed by atoms with Gasteiger partial charge in [-0.3, -0.25) is 24.1 Å². The standard InChI is InChI=1S/C23H31N3O.C17H16F2O.C17H18O.4C16H22N2O/c1-25-13-15-26(16-14-25)12-11-24-23-17-22(23)20-7-9-21(10-8-20)27-18-19-5-3-2-4-6-19;1-11-7-14(11)15-8-13(18)9-16(19)17(15)20-10-12-5-3-2-4-6-12;1-13-11-17(13)15-7-9-16(10-8-15)18-12-14-5-3-2-4-6-14;2*1-12-7-8-18(11-12)16(19)10-17-15-9-14(15)13-5-3-2-4-6-13;2*19-14(8-12-6-7-17-10-12)11-18-16-9-15(16)13-4-2-1-3-5-13/h2-10,22-24H,11-18H2,1H3;2-6,8-9,11,14H,7,10H2,1H3;2-10,13,17H,11-12H2,1H3;2*2-6,12,14-15,17H,7-11H2,1H3;2*1-5,12,15-18H,6-11H2/t22-,23+;11-,14-;13-,17-;2*12-,14?,15?;2*12-,15?,16?/m0011010/s1. The molecule has 141 heavy (non-hydrogen) atoms. The fourth-order valence-corrected chi connectivity index (χ4v) is 20.6. The number of carbonyl (C=O) groups excluding carboxylic acids is 4. The Labute approximate surface area is 837 Å². The number of nitrogens with one attached hydrogen (secondary N) is 7. The van der Waals surface area contributed by atoms with Gasteiger partial charge in [-0.05, 0) is 232 Å². The highest BCUT2D eigenvalue weighted by Crippen LogP contribution is 2.52. The van der Waals surface area contributed by atoms with E-state index < -0.39 is 11.6 Å². The smallest absolute Gasteiger partial charge is 0.236 e. The number of benzene rings is 10. The zero-order chi connectivity index (χ0) is 97.6. The second-order valence-electron chi connectivity index (χ2n) is 42.1. The molecule has 8 unspecified atom stereocenters. The van der Waals surface area contributed by atoms with E-state index in [1.165, 1.54) is 109 Å². The zero-order valence-electron chi connectivity index (χ0n) is 83.8. The molecule has 12 aliphatic rings. The van der Waals surface area contributed by atoms with Crippen LogP contribution in [0.25, 0.3) is 0 Å². The van der Waals surface area contributed by atoms with E-state index in [9.17, 15) is 28.0 Å². The van der Waals surface area contributed by atoms with E-state index in [1.54, 1.807) is 0 Å². The summed E-state index contributed by atoms with van der Waals surface area (Å²) in [5.41, 5.74) is 12.5. The van der Waals surface area contributed by atoms with Gasteiger partial charge in [0, 0.05) is 150 Å². The van der Waals surface area contributed by atoms with Crippen LogP contribution in [0.3, 0.4) is 0 Å². The third-order valence-corrected chi connectivity index (χ3v) is 30.4. The summed E-state index contributed by atoms with van der Waals surface area (Å²) in [4.78, 5) is 56.8. The molecule has 10 aromatic rings. The molecule has 7 aliphatic carbocycles. The average molecular weight is 1910 g/mol. The van der Waals surface area contributed by atoms with Crippen molar-refractivity contribution in [2.75, 3.05) is 125 Å². The van der Waals surface area contributed by atoms with Crippen LogP contribution in [0, 0.1) is 47.1 Å². The Bertz CT molecular complexity index is 5270. The first kappa shape index (κ1) is 103. The predicted molar refractivity (Wildman–Crippen MR) is 562 cm³/mol. The summed E-state index contributed by atoms with van der Waals surface area (Å²) in [5.74, 6) is 10.1. The number of hydrogen-bond acceptors (Lipinski definition) is 16. The number of rotatable bonds is 36. The second-order valence-corrected chi connectivity index (χ2v) is 42.1. The molecule has 0 radical (unpaired) electrons. The lowest BCUT2D eigenvalue weighted by atomic mass is 10.0. The number of likely N-dealkylation sites (tertiary alicyclic amines) is 2. The van der Waals surface area contributed by atoms with Crippen molar-refractivity contribution < 1.29 is 42.2 Å². The fourth-order valence-electron chi connectivity index (χ4n) is 20.6. The van der Waals surface area contributed by atoms with E-state index in [-0.39, 0.29) is 30.1 Å². The Morgan fingerprint density at radius 1 is 0.362 bits per heavy atom. The summed E-state index contributed by atoms with van der Waals surface area (Å²) >= 11 is 0. The van der Waals surface area contributed by atoms with Crippen LogP contribution >= 0.6 is 0 Å². The van der Waals surface area contributed by atoms with Crippen molar-refractivity contribution in [2.24, 2.45) is 35.5 Å². The first-order valence-corrected chi connectivity index (χ1v) is 52.9. The maximum atomic E-state index is 14.0. The molecule has 10 aromatic carbocycles. The lowest BCUT2D eigenvalue weighted by Gasteiger charge is -2.32. The molecule has 0 spiro atoms. The first-order valence-electron chi connectivity index (χ1n) is 52.9. The molecule has 12 fully saturated rings. The number of ether oxygens (including phenoxy) is 3. The molecular formula is C121H153F2N11O7. The summed E-state index contributed by atoms with van der Waals surface area (Å²) in [6, 6.07) is 94.6. The summed E-state index contributed by atoms with van der Waals surface area (Å²) in [6.45, 7) is 27.5. The molecule has 0 bridgehead atoms. The summed E-state index contributed by atoms with van der Waals surface area (Å²) < 4.78 is 44.6. The SMILES string of the molecule is CN1CCN(CCN[C@@H]2C[C@H]2c2ccc(OCc3ccccc3)cc2)CC1.C[C@@H]1CCN(C(=O)CNC2CC2c2ccccc2)C1.C[C@@H]1C[C@H]1c1ccc(OCc2ccccc2)cc1.C[C@H]1CCN(C(=O)CNC2CC2c2ccccc2)C1.C[C@H]1C[C@@H]1c1cc(F)cc(F)c1OCc1ccccc1.O=C(CNC1CC1c1ccccc1)C[C@@H]1CCNC1.O=C(CNC1CC1c1ccccc1)C[C@H]1CCNC1. The first-order chi connectivity index (χ1) is 68.9. The number of nitrogens with zero attached hydrogens (tertiary/aromatic N) is 4. The molecule has 2 amide bonds. The van der Waals surface area contributed by atoms with Gasteiger partial charge in [0.15, 0.2) is 11.6 Å². The summed E-state index contributed by atoms with van der Waals surface area (Å²) in [6.07, 6.45) is 14.3. The van der Waals surface area contributed by atoms with Crippen molar-refractivity contribution in [3.63, 3.8) is 0 Å². The van der Waals surface area contributed by atoms with Gasteiger partial charge in [0.25, 0.3) is 0 Å². The van der Waals surface area contributed by atoms with E-state index in [0.717, 1.165) is 152 Å². The van der Waals surface area contributed by atoms with Crippen molar-refractivity contribution in [3.05, 3.63) is 340 Å². The van der Waals surface area contributed by atoms with Gasteiger partial charge >= 0.3 is 0 Å². The lowest BCUT2D eigenvalue weighted by molar-refractivity contribution is -0.130. The van der Waals surface area contributed by atoms with Gasteiger partial charge in [0.2, 0.25) is 11.8 Å². The van der Waals surface area contributed by atoms with Gasteiger partial charge in [-0.1, -0.05) is 264 Å². The van der Waals surface area contributed by atoms with E-state index in [2.05, 4.69) is 252 Å². The Kier molecular flexibility index (Phi) is 38.5. The minimum absolute atomic E-state index is 0.199. The molecule has 0 aromatic heterocycles. The molecule has 748 valence electrons. The highest BCUT2D eigenvalue weighted by Gasteiger charge is 2.44. The normalized spacial score (nSPS) is 26.0. The number of piperazine rings is 1. The molecule has 18 nitrogen and oxygen atoms in total. The number of hydrogen-bond donors (Lipinski definition) is 7. The third-order valence-electron chi connectivity index (χ3n) is 30.4. The number of likely N-dealkylation sites (N-methyl/N-ethyl adjacent to an activating group) is 1. The van der Waals surface area contributed by atoms with Crippen LogP contribution in [0.5, 0.6) is 17.2 Å². The van der Waals surface area contributed by atoms with Crippen molar-refractivity contribution in [3.8, 4) is 17.2 Å². The second kappa shape index (κ2) is 52.6. The predicted octanol–water partition coefficient (Wildman–Crippen LogP) is 19.4. The molecule has 22 rings (SSSR count). The van der Waals surface area contributed by atoms with Crippen LogP contribution < -0.4 is 51.4 Å². The van der Waals surface area contributed by atoms with E-state index in [1.807, 2.05) is 101 Å². The van der Waals surface area contributed by atoms with E-state index in [4.69, 9.17) is 14.2 Å². The van der Waals surface area contributed by atoms with Crippen LogP contribution in [-0.2, 0) is 39.0 Å². The number of amides is 2. The minimum atomic E-state index is -0.616. The van der Waals surface area contributed by atoms with Crippen molar-refractivity contribution >= 4 is 23.4 Å². The quantitative estimate of drug-likeness (QED) is 0.0196. The van der Waals surface area contributed by atoms with Crippen molar-refractivity contribution in [1.82, 2.24) is 56.8 Å². The van der Waals surface area contributed by atoms with Gasteiger partial charge in [0.1, 0.15) is 48.7 Å². The van der Waals surface area contributed by atoms with Crippen LogP contribution in [0.1, 0.15) is 208 Å². The topological polar surface area (TPSA) is 193 Å². The number of halogens is 2. The molecule has 20 heteroatoms. The summed E-state index contributed by atoms with van der Waals surface area (Å²) in [5, 5.41) is 24.0. The van der Waals surface area contributed by atoms with Crippen LogP contribution in [-0.4, -0.2) is 198 Å². The Morgan fingerprint density at radius 2 is 0.695 bits per heavy atom. The molecular weight excluding hydrogens is 1760 g/mol. The van der Waals surface area contributed by atoms with Crippen molar-refractivity contribution in [2.45, 2.75) is 203 Å². The van der Waals surface area contributed by atoms with E-state index in [0.29, 0.717) is 146 Å². The monoisotopic (exact) mass is 1910 g/mol. The zero-order valence-corrected chi connectivity index (χ0v) is 83.8.